The molecule has 5 rings (SSSR count). The van der Waals surface area contributed by atoms with Crippen LogP contribution in [0.5, 0.6) is 0 Å². The maximum atomic E-state index is 13.8. The number of hydrogen-bond donors (Lipinski definition) is 2. The van der Waals surface area contributed by atoms with E-state index in [1.807, 2.05) is 25.3 Å². The largest absolute Gasteiger partial charge is 0.420 e. The first-order valence-corrected chi connectivity index (χ1v) is 12.7. The number of carbonyl (C=O) groups is 1. The molecule has 0 radical (unpaired) electrons. The normalized spacial score (nSPS) is 13.4. The van der Waals surface area contributed by atoms with E-state index in [1.54, 1.807) is 24.4 Å². The van der Waals surface area contributed by atoms with Crippen molar-refractivity contribution in [2.24, 2.45) is 0 Å². The Hall–Kier alpha value is -4.84. The molecule has 0 atom stereocenters. The molecule has 1 aliphatic rings. The van der Waals surface area contributed by atoms with Gasteiger partial charge in [-0.2, -0.15) is 23.4 Å². The van der Waals surface area contributed by atoms with Crippen molar-refractivity contribution >= 4 is 22.9 Å². The monoisotopic (exact) mass is 561 g/mol. The maximum Gasteiger partial charge on any atom is 0.420 e. The third-order valence-electron chi connectivity index (χ3n) is 6.49. The van der Waals surface area contributed by atoms with Gasteiger partial charge in [0.05, 0.1) is 49.4 Å². The number of carbonyl (C=O) groups excluding carboxylic acids is 1. The van der Waals surface area contributed by atoms with Gasteiger partial charge in [0, 0.05) is 29.4 Å². The number of halogens is 3. The second kappa shape index (κ2) is 11.7. The number of aromatic nitrogens is 5. The third kappa shape index (κ3) is 6.02. The summed E-state index contributed by atoms with van der Waals surface area (Å²) in [5, 5.41) is 13.3. The van der Waals surface area contributed by atoms with Crippen LogP contribution in [-0.4, -0.2) is 50.6 Å². The summed E-state index contributed by atoms with van der Waals surface area (Å²) < 4.78 is 46.8. The predicted octanol–water partition coefficient (Wildman–Crippen LogP) is 5.71. The second-order valence-electron chi connectivity index (χ2n) is 9.23. The molecule has 0 aliphatic carbocycles. The lowest BCUT2D eigenvalue weighted by Crippen LogP contribution is -2.17. The Morgan fingerprint density at radius 3 is 2.63 bits per heavy atom. The van der Waals surface area contributed by atoms with Crippen molar-refractivity contribution in [3.8, 4) is 16.9 Å². The average molecular weight is 562 g/mol. The Morgan fingerprint density at radius 2 is 1.95 bits per heavy atom. The molecule has 0 saturated carbocycles. The minimum absolute atomic E-state index is 0.112. The molecule has 9 nitrogen and oxygen atoms in total. The molecule has 4 aromatic rings. The highest BCUT2D eigenvalue weighted by molar-refractivity contribution is 6.05. The van der Waals surface area contributed by atoms with E-state index in [0.717, 1.165) is 57.0 Å². The van der Waals surface area contributed by atoms with Crippen molar-refractivity contribution in [1.29, 1.82) is 0 Å². The summed E-state index contributed by atoms with van der Waals surface area (Å²) in [6.45, 7) is 7.31. The summed E-state index contributed by atoms with van der Waals surface area (Å²) >= 11 is 0. The highest BCUT2D eigenvalue weighted by atomic mass is 19.4. The summed E-state index contributed by atoms with van der Waals surface area (Å²) in [5.41, 5.74) is 4.59. The SMILES string of the molecule is C=CCNc1cncc(C2=CCOCC2)c1-c1ccc(C(=O)Nc2cnc(-n3nccn3)c(C(F)(F)F)c2)cc1C. The molecule has 12 heteroatoms. The molecule has 1 aromatic carbocycles. The summed E-state index contributed by atoms with van der Waals surface area (Å²) in [6.07, 6.45) is 6.98. The topological polar surface area (TPSA) is 107 Å². The summed E-state index contributed by atoms with van der Waals surface area (Å²) in [5.74, 6) is -1.07. The molecule has 41 heavy (non-hydrogen) atoms. The number of anilines is 2. The van der Waals surface area contributed by atoms with Crippen LogP contribution < -0.4 is 10.6 Å². The third-order valence-corrected chi connectivity index (χ3v) is 6.49. The van der Waals surface area contributed by atoms with Crippen LogP contribution in [-0.2, 0) is 10.9 Å². The zero-order valence-electron chi connectivity index (χ0n) is 22.1. The predicted molar refractivity (Wildman–Crippen MR) is 149 cm³/mol. The first-order valence-electron chi connectivity index (χ1n) is 12.7. The van der Waals surface area contributed by atoms with E-state index in [2.05, 4.69) is 37.4 Å². The van der Waals surface area contributed by atoms with E-state index in [9.17, 15) is 18.0 Å². The number of amides is 1. The van der Waals surface area contributed by atoms with Gasteiger partial charge >= 0.3 is 6.18 Å². The lowest BCUT2D eigenvalue weighted by molar-refractivity contribution is -0.137. The van der Waals surface area contributed by atoms with Crippen molar-refractivity contribution in [2.45, 2.75) is 19.5 Å². The number of ether oxygens (including phenoxy) is 1. The van der Waals surface area contributed by atoms with Gasteiger partial charge in [0.25, 0.3) is 5.91 Å². The molecule has 4 heterocycles. The van der Waals surface area contributed by atoms with Gasteiger partial charge in [0.2, 0.25) is 0 Å². The Bertz CT molecular complexity index is 1620. The number of pyridine rings is 2. The molecule has 0 bridgehead atoms. The van der Waals surface area contributed by atoms with Crippen molar-refractivity contribution < 1.29 is 22.7 Å². The minimum atomic E-state index is -4.74. The molecule has 0 fully saturated rings. The number of alkyl halides is 3. The molecule has 210 valence electrons. The van der Waals surface area contributed by atoms with E-state index in [0.29, 0.717) is 19.8 Å². The van der Waals surface area contributed by atoms with Crippen molar-refractivity contribution in [3.05, 3.63) is 96.2 Å². The van der Waals surface area contributed by atoms with E-state index >= 15 is 0 Å². The van der Waals surface area contributed by atoms with Gasteiger partial charge in [-0.05, 0) is 48.2 Å². The van der Waals surface area contributed by atoms with Crippen LogP contribution in [0.3, 0.4) is 0 Å². The molecule has 0 spiro atoms. The number of nitrogens with one attached hydrogen (secondary N) is 2. The Kier molecular flexibility index (Phi) is 7.92. The number of benzene rings is 1. The smallest absolute Gasteiger partial charge is 0.380 e. The number of hydrogen-bond acceptors (Lipinski definition) is 7. The van der Waals surface area contributed by atoms with Gasteiger partial charge in [0.1, 0.15) is 5.56 Å². The van der Waals surface area contributed by atoms with Gasteiger partial charge < -0.3 is 15.4 Å². The standard InChI is InChI=1S/C29H26F3N7O2/c1-3-8-34-25-17-33-16-23(19-6-11-41-12-7-19)26(25)22-5-4-20(13-18(22)2)28(40)38-21-14-24(29(30,31)32)27(35-15-21)39-36-9-10-37-39/h3-6,9-10,13-17,34H,1,7-8,11-12H2,2H3,(H,38,40). The molecule has 1 amide bonds. The van der Waals surface area contributed by atoms with Crippen LogP contribution in [0.2, 0.25) is 0 Å². The second-order valence-corrected chi connectivity index (χ2v) is 9.23. The van der Waals surface area contributed by atoms with Crippen molar-refractivity contribution in [2.75, 3.05) is 30.4 Å². The van der Waals surface area contributed by atoms with Gasteiger partial charge in [-0.3, -0.25) is 9.78 Å². The summed E-state index contributed by atoms with van der Waals surface area (Å²) in [6, 6.07) is 5.98. The van der Waals surface area contributed by atoms with Gasteiger partial charge in [-0.1, -0.05) is 18.2 Å². The Labute approximate surface area is 233 Å². The van der Waals surface area contributed by atoms with Gasteiger partial charge in [-0.15, -0.1) is 11.4 Å². The summed E-state index contributed by atoms with van der Waals surface area (Å²) in [7, 11) is 0. The fourth-order valence-corrected chi connectivity index (χ4v) is 4.59. The molecular weight excluding hydrogens is 535 g/mol. The zero-order chi connectivity index (χ0) is 29.0. The Morgan fingerprint density at radius 1 is 1.15 bits per heavy atom. The maximum absolute atomic E-state index is 13.8. The molecular formula is C29H26F3N7O2. The lowest BCUT2D eigenvalue weighted by atomic mass is 9.90. The first kappa shape index (κ1) is 27.7. The van der Waals surface area contributed by atoms with Gasteiger partial charge in [0.15, 0.2) is 5.82 Å². The van der Waals surface area contributed by atoms with E-state index in [1.165, 1.54) is 12.4 Å². The quantitative estimate of drug-likeness (QED) is 0.266. The number of rotatable bonds is 8. The van der Waals surface area contributed by atoms with Crippen LogP contribution in [0, 0.1) is 6.92 Å². The van der Waals surface area contributed by atoms with Crippen molar-refractivity contribution in [3.63, 3.8) is 0 Å². The molecule has 3 aromatic heterocycles. The highest BCUT2D eigenvalue weighted by Crippen LogP contribution is 2.39. The lowest BCUT2D eigenvalue weighted by Gasteiger charge is -2.21. The number of nitrogens with zero attached hydrogens (tertiary/aromatic N) is 5. The fourth-order valence-electron chi connectivity index (χ4n) is 4.59. The fraction of sp³-hybridized carbons (Fsp3) is 0.207. The van der Waals surface area contributed by atoms with Gasteiger partial charge in [-0.25, -0.2) is 4.98 Å². The van der Waals surface area contributed by atoms with Crippen LogP contribution in [0.15, 0.2) is 74.0 Å². The van der Waals surface area contributed by atoms with E-state index < -0.39 is 23.5 Å². The minimum Gasteiger partial charge on any atom is -0.380 e. The average Bonchev–Trinajstić information content (AvgIpc) is 3.51. The van der Waals surface area contributed by atoms with Crippen LogP contribution in [0.25, 0.3) is 22.5 Å². The first-order chi connectivity index (χ1) is 19.8. The van der Waals surface area contributed by atoms with E-state index in [-0.39, 0.29) is 11.3 Å². The number of aryl methyl sites for hydroxylation is 1. The Balaban J connectivity index is 1.47. The van der Waals surface area contributed by atoms with E-state index in [4.69, 9.17) is 4.74 Å². The zero-order valence-corrected chi connectivity index (χ0v) is 22.1. The van der Waals surface area contributed by atoms with Crippen LogP contribution >= 0.6 is 0 Å². The van der Waals surface area contributed by atoms with Crippen molar-refractivity contribution in [1.82, 2.24) is 25.0 Å². The van der Waals surface area contributed by atoms with Crippen LogP contribution in [0.1, 0.15) is 33.5 Å². The molecule has 0 saturated heterocycles. The summed E-state index contributed by atoms with van der Waals surface area (Å²) in [4.78, 5) is 22.2. The molecule has 2 N–H and O–H groups in total. The highest BCUT2D eigenvalue weighted by Gasteiger charge is 2.36. The van der Waals surface area contributed by atoms with Crippen LogP contribution in [0.4, 0.5) is 24.5 Å². The molecule has 0 unspecified atom stereocenters. The molecule has 1 aliphatic heterocycles.